The van der Waals surface area contributed by atoms with Crippen molar-refractivity contribution in [2.75, 3.05) is 0 Å². The molecule has 0 heterocycles. The van der Waals surface area contributed by atoms with Gasteiger partial charge in [-0.3, -0.25) is 9.11 Å². The lowest BCUT2D eigenvalue weighted by Crippen LogP contribution is -2.05. The summed E-state index contributed by atoms with van der Waals surface area (Å²) < 4.78 is 66.4. The maximum absolute atomic E-state index is 11.9. The molecule has 0 unspecified atom stereocenters. The molecule has 0 saturated carbocycles. The molecule has 0 bridgehead atoms. The summed E-state index contributed by atoms with van der Waals surface area (Å²) >= 11 is 0. The molecule has 13 nitrogen and oxygen atoms in total. The van der Waals surface area contributed by atoms with Gasteiger partial charge in [0.2, 0.25) is 0 Å². The molecule has 0 aliphatic rings. The Morgan fingerprint density at radius 2 is 0.878 bits per heavy atom. The van der Waals surface area contributed by atoms with Crippen LogP contribution in [0.1, 0.15) is 20.7 Å². The smallest absolute Gasteiger partial charge is 0.339 e. The van der Waals surface area contributed by atoms with Crippen LogP contribution < -0.4 is 0 Å². The number of benzene rings is 4. The van der Waals surface area contributed by atoms with Gasteiger partial charge in [0.15, 0.2) is 5.75 Å². The van der Waals surface area contributed by atoms with Crippen LogP contribution in [-0.4, -0.2) is 63.4 Å². The van der Waals surface area contributed by atoms with Crippen LogP contribution in [0.5, 0.6) is 17.2 Å². The van der Waals surface area contributed by atoms with Gasteiger partial charge in [0.25, 0.3) is 20.2 Å². The van der Waals surface area contributed by atoms with Gasteiger partial charge in [0, 0.05) is 0 Å². The summed E-state index contributed by atoms with van der Waals surface area (Å²) in [5, 5.41) is 49.0. The highest BCUT2D eigenvalue weighted by Crippen LogP contribution is 2.39. The Balaban J connectivity index is 2.09. The van der Waals surface area contributed by atoms with Crippen molar-refractivity contribution < 1.29 is 61.1 Å². The second-order valence-electron chi connectivity index (χ2n) is 8.64. The summed E-state index contributed by atoms with van der Waals surface area (Å²) in [4.78, 5) is 21.4. The first-order valence-electron chi connectivity index (χ1n) is 11.1. The van der Waals surface area contributed by atoms with E-state index in [1.54, 1.807) is 0 Å². The Labute approximate surface area is 231 Å². The first kappa shape index (κ1) is 29.0. The number of carbonyl (C=O) groups is 2. The predicted octanol–water partition coefficient (Wildman–Crippen LogP) is 3.69. The molecule has 41 heavy (non-hydrogen) atoms. The minimum atomic E-state index is -5.12. The predicted molar refractivity (Wildman–Crippen MR) is 141 cm³/mol. The van der Waals surface area contributed by atoms with E-state index < -0.39 is 70.3 Å². The minimum Gasteiger partial charge on any atom is -0.507 e. The zero-order valence-corrected chi connectivity index (χ0v) is 21.9. The molecule has 0 radical (unpaired) electrons. The maximum atomic E-state index is 11.9. The van der Waals surface area contributed by atoms with Crippen LogP contribution in [0.15, 0.2) is 76.5 Å². The summed E-state index contributed by atoms with van der Waals surface area (Å²) in [6.07, 6.45) is 0. The van der Waals surface area contributed by atoms with Crippen molar-refractivity contribution in [3.05, 3.63) is 77.9 Å². The average Bonchev–Trinajstić information content (AvgIpc) is 2.87. The number of hydrogen-bond donors (Lipinski definition) is 7. The van der Waals surface area contributed by atoms with Gasteiger partial charge in [0.1, 0.15) is 32.4 Å². The van der Waals surface area contributed by atoms with Crippen LogP contribution in [0.3, 0.4) is 0 Å². The Morgan fingerprint density at radius 1 is 0.488 bits per heavy atom. The molecule has 4 rings (SSSR count). The molecule has 0 aliphatic carbocycles. The maximum Gasteiger partial charge on any atom is 0.339 e. The standard InChI is InChI=1S/C26H18O13S2/c27-20-3-1-12(8-18(20)25(30)31)14-5-15(13-2-4-21(28)22(10-13)40(34,35)36)7-16(6-14)17-9-19(26(32)33)24(29)23(11-17)41(37,38)39/h1-11,27-29H,(H,30,31)(H,32,33)(H,34,35,36)(H,37,38,39). The average molecular weight is 603 g/mol. The lowest BCUT2D eigenvalue weighted by molar-refractivity contribution is 0.0682. The van der Waals surface area contributed by atoms with E-state index in [0.717, 1.165) is 36.4 Å². The summed E-state index contributed by atoms with van der Waals surface area (Å²) in [6, 6.07) is 12.6. The first-order valence-corrected chi connectivity index (χ1v) is 14.0. The molecule has 0 saturated heterocycles. The van der Waals surface area contributed by atoms with Crippen molar-refractivity contribution in [1.82, 2.24) is 0 Å². The van der Waals surface area contributed by atoms with Crippen LogP contribution in [0.2, 0.25) is 0 Å². The fourth-order valence-electron chi connectivity index (χ4n) is 4.05. The van der Waals surface area contributed by atoms with E-state index >= 15 is 0 Å². The van der Waals surface area contributed by atoms with E-state index in [2.05, 4.69) is 0 Å². The quantitative estimate of drug-likeness (QED) is 0.149. The summed E-state index contributed by atoms with van der Waals surface area (Å²) in [5.74, 6) is -5.72. The lowest BCUT2D eigenvalue weighted by atomic mass is 9.92. The molecular formula is C26H18O13S2. The highest BCUT2D eigenvalue weighted by atomic mass is 32.2. The molecule has 0 aromatic heterocycles. The molecular weight excluding hydrogens is 584 g/mol. The molecule has 7 N–H and O–H groups in total. The van der Waals surface area contributed by atoms with Gasteiger partial charge in [-0.25, -0.2) is 9.59 Å². The van der Waals surface area contributed by atoms with Crippen LogP contribution >= 0.6 is 0 Å². The van der Waals surface area contributed by atoms with Gasteiger partial charge in [0.05, 0.1) is 0 Å². The van der Waals surface area contributed by atoms with Crippen LogP contribution in [0.25, 0.3) is 33.4 Å². The van der Waals surface area contributed by atoms with E-state index in [4.69, 9.17) is 0 Å². The molecule has 212 valence electrons. The molecule has 15 heteroatoms. The number of rotatable bonds is 7. The molecule has 0 aliphatic heterocycles. The van der Waals surface area contributed by atoms with Crippen molar-refractivity contribution >= 4 is 32.2 Å². The third kappa shape index (κ3) is 5.82. The van der Waals surface area contributed by atoms with E-state index in [1.165, 1.54) is 30.3 Å². The zero-order chi connectivity index (χ0) is 30.4. The van der Waals surface area contributed by atoms with Gasteiger partial charge in [-0.15, -0.1) is 0 Å². The summed E-state index contributed by atoms with van der Waals surface area (Å²) in [6.45, 7) is 0. The lowest BCUT2D eigenvalue weighted by Gasteiger charge is -2.14. The van der Waals surface area contributed by atoms with Crippen molar-refractivity contribution in [3.8, 4) is 50.6 Å². The van der Waals surface area contributed by atoms with Crippen molar-refractivity contribution in [2.45, 2.75) is 9.79 Å². The Bertz CT molecular complexity index is 1980. The molecule has 0 spiro atoms. The largest absolute Gasteiger partial charge is 0.507 e. The number of hydrogen-bond acceptors (Lipinski definition) is 9. The Kier molecular flexibility index (Phi) is 7.23. The SMILES string of the molecule is O=C(O)c1cc(-c2cc(-c3ccc(O)c(S(=O)(=O)O)c3)cc(-c3cc(C(=O)O)c(O)c(S(=O)(=O)O)c3)c2)ccc1O. The van der Waals surface area contributed by atoms with Crippen molar-refractivity contribution in [2.24, 2.45) is 0 Å². The highest BCUT2D eigenvalue weighted by Gasteiger charge is 2.24. The van der Waals surface area contributed by atoms with E-state index in [1.807, 2.05) is 0 Å². The first-order chi connectivity index (χ1) is 19.0. The molecule has 0 amide bonds. The van der Waals surface area contributed by atoms with Crippen LogP contribution in [-0.2, 0) is 20.2 Å². The summed E-state index contributed by atoms with van der Waals surface area (Å²) in [5.41, 5.74) is -0.798. The Morgan fingerprint density at radius 3 is 1.37 bits per heavy atom. The second-order valence-corrected chi connectivity index (χ2v) is 11.4. The van der Waals surface area contributed by atoms with Gasteiger partial charge >= 0.3 is 11.9 Å². The van der Waals surface area contributed by atoms with E-state index in [9.17, 15) is 61.1 Å². The molecule has 4 aromatic carbocycles. The fourth-order valence-corrected chi connectivity index (χ4v) is 5.29. The monoisotopic (exact) mass is 602 g/mol. The number of carboxylic acid groups (broad SMARTS) is 2. The number of phenolic OH excluding ortho intramolecular Hbond substituents is 1. The van der Waals surface area contributed by atoms with E-state index in [0.29, 0.717) is 0 Å². The van der Waals surface area contributed by atoms with E-state index in [-0.39, 0.29) is 33.4 Å². The van der Waals surface area contributed by atoms with Crippen molar-refractivity contribution in [1.29, 1.82) is 0 Å². The second kappa shape index (κ2) is 10.2. The number of carboxylic acids is 2. The van der Waals surface area contributed by atoms with Gasteiger partial charge in [-0.05, 0) is 88.0 Å². The fraction of sp³-hybridized carbons (Fsp3) is 0. The zero-order valence-electron chi connectivity index (χ0n) is 20.2. The number of aromatic carboxylic acids is 2. The topological polar surface area (TPSA) is 244 Å². The molecule has 4 aromatic rings. The molecule has 0 atom stereocenters. The van der Waals surface area contributed by atoms with Gasteiger partial charge in [-0.2, -0.15) is 16.8 Å². The van der Waals surface area contributed by atoms with Crippen LogP contribution in [0, 0.1) is 0 Å². The van der Waals surface area contributed by atoms with Crippen LogP contribution in [0.4, 0.5) is 0 Å². The Hall–Kier alpha value is -4.96. The summed E-state index contributed by atoms with van der Waals surface area (Å²) in [7, 11) is -10.0. The highest BCUT2D eigenvalue weighted by molar-refractivity contribution is 7.86. The number of phenols is 3. The minimum absolute atomic E-state index is 0.0522. The van der Waals surface area contributed by atoms with Gasteiger partial charge < -0.3 is 25.5 Å². The number of aromatic hydroxyl groups is 3. The normalized spacial score (nSPS) is 11.8. The van der Waals surface area contributed by atoms with Gasteiger partial charge in [-0.1, -0.05) is 12.1 Å². The third-order valence-corrected chi connectivity index (χ3v) is 7.73. The third-order valence-electron chi connectivity index (χ3n) is 5.98. The van der Waals surface area contributed by atoms with Crippen molar-refractivity contribution in [3.63, 3.8) is 0 Å². The molecule has 0 fully saturated rings.